The van der Waals surface area contributed by atoms with Gasteiger partial charge >= 0.3 is 0 Å². The topological polar surface area (TPSA) is 58.2 Å². The maximum Gasteiger partial charge on any atom is 0.276 e. The van der Waals surface area contributed by atoms with Crippen molar-refractivity contribution in [3.05, 3.63) is 29.3 Å². The van der Waals surface area contributed by atoms with Crippen LogP contribution in [-0.2, 0) is 4.79 Å². The highest BCUT2D eigenvalue weighted by molar-refractivity contribution is 7.96. The number of ketones is 1. The van der Waals surface area contributed by atoms with Crippen molar-refractivity contribution in [1.29, 1.82) is 0 Å². The monoisotopic (exact) mass is 402 g/mol. The van der Waals surface area contributed by atoms with Gasteiger partial charge in [-0.05, 0) is 48.6 Å². The van der Waals surface area contributed by atoms with E-state index in [1.807, 2.05) is 6.92 Å². The lowest BCUT2D eigenvalue weighted by atomic mass is 9.77. The van der Waals surface area contributed by atoms with Gasteiger partial charge in [-0.2, -0.15) is 0 Å². The zero-order chi connectivity index (χ0) is 21.1. The summed E-state index contributed by atoms with van der Waals surface area (Å²) in [5.74, 6) is 0.944. The van der Waals surface area contributed by atoms with Crippen molar-refractivity contribution in [1.82, 2.24) is 5.32 Å². The molecule has 5 heteroatoms. The molecule has 28 heavy (non-hydrogen) atoms. The third kappa shape index (κ3) is 2.97. The Morgan fingerprint density at radius 1 is 1.11 bits per heavy atom. The second-order valence-corrected chi connectivity index (χ2v) is 10.4. The first-order chi connectivity index (χ1) is 12.9. The summed E-state index contributed by atoms with van der Waals surface area (Å²) in [5, 5.41) is 6.17. The molecule has 154 valence electrons. The number of thiol groups is 1. The fourth-order valence-corrected chi connectivity index (χ4v) is 5.62. The highest BCUT2D eigenvalue weighted by Gasteiger charge is 2.79. The van der Waals surface area contributed by atoms with Crippen LogP contribution in [0.2, 0.25) is 0 Å². The van der Waals surface area contributed by atoms with Crippen molar-refractivity contribution in [2.24, 2.45) is 11.3 Å². The van der Waals surface area contributed by atoms with Crippen LogP contribution in [0.1, 0.15) is 84.3 Å². The van der Waals surface area contributed by atoms with E-state index in [0.29, 0.717) is 11.8 Å². The van der Waals surface area contributed by atoms with E-state index in [0.717, 1.165) is 18.5 Å². The van der Waals surface area contributed by atoms with Gasteiger partial charge in [-0.15, -0.1) is 0 Å². The fourth-order valence-electron chi connectivity index (χ4n) is 5.44. The molecule has 2 aliphatic rings. The Morgan fingerprint density at radius 3 is 2.11 bits per heavy atom. The Hall–Kier alpha value is -1.49. The molecule has 1 amide bonds. The van der Waals surface area contributed by atoms with E-state index in [4.69, 9.17) is 0 Å². The average Bonchev–Trinajstić information content (AvgIpc) is 3.05. The van der Waals surface area contributed by atoms with E-state index < -0.39 is 16.3 Å². The standard InChI is InChI=1S/C23H34N2O2S/c1-13(2)15-9-8-10-16(14(3)4)18(15)24-22(7)12-11-17-21(5,6)23(17,19(22)26)25-20(27)28/h8-10,13-14,17,24H,11-12H2,1-7H3,(H2,25,27,28). The largest absolute Gasteiger partial charge is 0.372 e. The van der Waals surface area contributed by atoms with Crippen molar-refractivity contribution in [2.45, 2.75) is 84.2 Å². The van der Waals surface area contributed by atoms with Gasteiger partial charge in [-0.25, -0.2) is 0 Å². The highest BCUT2D eigenvalue weighted by Crippen LogP contribution is 2.68. The van der Waals surface area contributed by atoms with Crippen molar-refractivity contribution >= 4 is 29.3 Å². The number of hydrogen-bond donors (Lipinski definition) is 3. The number of carbonyl (C=O) groups is 2. The molecule has 2 saturated carbocycles. The molecule has 0 bridgehead atoms. The first-order valence-electron chi connectivity index (χ1n) is 10.4. The summed E-state index contributed by atoms with van der Waals surface area (Å²) in [6.45, 7) is 14.9. The number of carbonyl (C=O) groups excluding carboxylic acids is 2. The Morgan fingerprint density at radius 2 is 1.64 bits per heavy atom. The summed E-state index contributed by atoms with van der Waals surface area (Å²) in [7, 11) is 0. The predicted octanol–water partition coefficient (Wildman–Crippen LogP) is 5.50. The first-order valence-corrected chi connectivity index (χ1v) is 10.8. The smallest absolute Gasteiger partial charge is 0.276 e. The molecule has 1 aromatic carbocycles. The minimum atomic E-state index is -0.823. The second kappa shape index (κ2) is 6.79. The van der Waals surface area contributed by atoms with Crippen LogP contribution in [0.5, 0.6) is 0 Å². The van der Waals surface area contributed by atoms with Crippen LogP contribution in [0.25, 0.3) is 0 Å². The van der Waals surface area contributed by atoms with Crippen LogP contribution in [0.15, 0.2) is 18.2 Å². The minimum absolute atomic E-state index is 0.0805. The quantitative estimate of drug-likeness (QED) is 0.570. The van der Waals surface area contributed by atoms with Gasteiger partial charge in [0.15, 0.2) is 5.78 Å². The molecule has 0 aromatic heterocycles. The fraction of sp³-hybridized carbons (Fsp3) is 0.652. The molecule has 3 rings (SSSR count). The SMILES string of the molecule is CC(C)c1cccc(C(C)C)c1NC1(C)CCC2C(C)(C)C2(NC(=O)S)C1=O. The highest BCUT2D eigenvalue weighted by atomic mass is 32.1. The van der Waals surface area contributed by atoms with Gasteiger partial charge in [-0.3, -0.25) is 9.59 Å². The molecule has 3 atom stereocenters. The van der Waals surface area contributed by atoms with Crippen LogP contribution in [0.3, 0.4) is 0 Å². The normalized spacial score (nSPS) is 30.9. The van der Waals surface area contributed by atoms with E-state index in [1.54, 1.807) is 0 Å². The summed E-state index contributed by atoms with van der Waals surface area (Å²) in [5.41, 5.74) is 1.73. The van der Waals surface area contributed by atoms with E-state index in [-0.39, 0.29) is 17.1 Å². The molecule has 2 aliphatic carbocycles. The summed E-state index contributed by atoms with van der Waals surface area (Å²) in [4.78, 5) is 25.6. The van der Waals surface area contributed by atoms with Crippen LogP contribution < -0.4 is 10.6 Å². The average molecular weight is 403 g/mol. The summed E-state index contributed by atoms with van der Waals surface area (Å²) in [6, 6.07) is 6.39. The van der Waals surface area contributed by atoms with Gasteiger partial charge < -0.3 is 10.6 Å². The molecule has 0 heterocycles. The van der Waals surface area contributed by atoms with E-state index in [2.05, 4.69) is 83.0 Å². The van der Waals surface area contributed by atoms with Crippen LogP contribution in [-0.4, -0.2) is 22.1 Å². The Labute approximate surface area is 174 Å². The third-order valence-electron chi connectivity index (χ3n) is 7.20. The molecule has 0 spiro atoms. The van der Waals surface area contributed by atoms with Crippen molar-refractivity contribution < 1.29 is 9.59 Å². The van der Waals surface area contributed by atoms with Gasteiger partial charge in [0, 0.05) is 11.1 Å². The summed E-state index contributed by atoms with van der Waals surface area (Å²) >= 11 is 3.93. The lowest BCUT2D eigenvalue weighted by molar-refractivity contribution is -0.128. The van der Waals surface area contributed by atoms with Gasteiger partial charge in [0.2, 0.25) is 0 Å². The number of anilines is 1. The Bertz CT molecular complexity index is 791. The molecule has 1 aromatic rings. The molecule has 0 radical (unpaired) electrons. The Balaban J connectivity index is 2.04. The lowest BCUT2D eigenvalue weighted by Gasteiger charge is -2.40. The summed E-state index contributed by atoms with van der Waals surface area (Å²) < 4.78 is 0. The number of nitrogens with one attached hydrogen (secondary N) is 2. The van der Waals surface area contributed by atoms with Crippen molar-refractivity contribution in [2.75, 3.05) is 5.32 Å². The zero-order valence-corrected chi connectivity index (χ0v) is 19.0. The number of fused-ring (bicyclic) bond motifs is 1. The molecule has 2 fully saturated rings. The van der Waals surface area contributed by atoms with Gasteiger partial charge in [0.1, 0.15) is 5.54 Å². The van der Waals surface area contributed by atoms with Crippen molar-refractivity contribution in [3.63, 3.8) is 0 Å². The molecule has 0 saturated heterocycles. The van der Waals surface area contributed by atoms with Crippen molar-refractivity contribution in [3.8, 4) is 0 Å². The maximum atomic E-state index is 13.8. The number of amides is 1. The molecule has 2 N–H and O–H groups in total. The number of hydrogen-bond acceptors (Lipinski definition) is 3. The van der Waals surface area contributed by atoms with Gasteiger partial charge in [0.05, 0.1) is 5.54 Å². The summed E-state index contributed by atoms with van der Waals surface area (Å²) in [6.07, 6.45) is 1.66. The molecule has 3 unspecified atom stereocenters. The van der Waals surface area contributed by atoms with E-state index >= 15 is 0 Å². The second-order valence-electron chi connectivity index (χ2n) is 9.96. The predicted molar refractivity (Wildman–Crippen MR) is 118 cm³/mol. The Kier molecular flexibility index (Phi) is 5.15. The maximum absolute atomic E-state index is 13.8. The molecule has 0 aliphatic heterocycles. The molecular formula is C23H34N2O2S. The third-order valence-corrected chi connectivity index (χ3v) is 7.31. The number of benzene rings is 1. The minimum Gasteiger partial charge on any atom is -0.372 e. The number of para-hydroxylation sites is 1. The van der Waals surface area contributed by atoms with Crippen LogP contribution >= 0.6 is 12.6 Å². The first kappa shape index (κ1) is 21.2. The van der Waals surface area contributed by atoms with E-state index in [1.165, 1.54) is 11.1 Å². The van der Waals surface area contributed by atoms with Gasteiger partial charge in [-0.1, -0.05) is 72.4 Å². The number of Topliss-reactive ketones (excluding diaryl/α,β-unsaturated/α-hetero) is 1. The number of rotatable bonds is 5. The van der Waals surface area contributed by atoms with Crippen LogP contribution in [0, 0.1) is 11.3 Å². The lowest BCUT2D eigenvalue weighted by Crippen LogP contribution is -2.60. The molecule has 4 nitrogen and oxygen atoms in total. The molecular weight excluding hydrogens is 368 g/mol. The van der Waals surface area contributed by atoms with E-state index in [9.17, 15) is 9.59 Å². The van der Waals surface area contributed by atoms with Crippen LogP contribution in [0.4, 0.5) is 10.5 Å². The zero-order valence-electron chi connectivity index (χ0n) is 18.1. The van der Waals surface area contributed by atoms with Gasteiger partial charge in [0.25, 0.3) is 5.24 Å².